The van der Waals surface area contributed by atoms with Crippen LogP contribution in [-0.2, 0) is 16.0 Å². The average Bonchev–Trinajstić information content (AvgIpc) is 3.23. The van der Waals surface area contributed by atoms with Gasteiger partial charge in [0, 0.05) is 11.6 Å². The zero-order chi connectivity index (χ0) is 24.4. The summed E-state index contributed by atoms with van der Waals surface area (Å²) < 4.78 is 28.6. The van der Waals surface area contributed by atoms with E-state index in [0.29, 0.717) is 10.9 Å². The van der Waals surface area contributed by atoms with Crippen LogP contribution in [0.15, 0.2) is 66.9 Å². The normalized spacial score (nSPS) is 12.1. The summed E-state index contributed by atoms with van der Waals surface area (Å²) in [6.45, 7) is -3.24. The molecule has 0 aliphatic heterocycles. The summed E-state index contributed by atoms with van der Waals surface area (Å²) in [5.74, 6) is -5.09. The number of fused-ring (bicyclic) bond motifs is 1. The number of Topliss-reactive ketones (excluding diaryl/α,β-unsaturated/α-hetero) is 1. The molecule has 2 amide bonds. The van der Waals surface area contributed by atoms with Crippen molar-refractivity contribution >= 4 is 28.4 Å². The number of halogens is 2. The van der Waals surface area contributed by atoms with E-state index in [1.54, 1.807) is 60.7 Å². The zero-order valence-electron chi connectivity index (χ0n) is 17.7. The number of hydrogen-bond donors (Lipinski definition) is 2. The number of carbonyl (C=O) groups excluding carboxylic acids is 3. The first-order valence-corrected chi connectivity index (χ1v) is 10.2. The van der Waals surface area contributed by atoms with Crippen LogP contribution in [0.3, 0.4) is 0 Å². The summed E-state index contributed by atoms with van der Waals surface area (Å²) in [5.41, 5.74) is 10.4. The molecule has 0 saturated heterocycles. The van der Waals surface area contributed by atoms with Crippen LogP contribution in [0.25, 0.3) is 22.2 Å². The predicted octanol–water partition coefficient (Wildman–Crippen LogP) is 2.97. The van der Waals surface area contributed by atoms with Gasteiger partial charge >= 0.3 is 6.55 Å². The number of benzene rings is 2. The van der Waals surface area contributed by atoms with Crippen molar-refractivity contribution in [1.82, 2.24) is 14.8 Å². The zero-order valence-corrected chi connectivity index (χ0v) is 17.7. The van der Waals surface area contributed by atoms with E-state index >= 15 is 0 Å². The molecule has 4 rings (SSSR count). The fraction of sp³-hybridized carbons (Fsp3) is 0.125. The topological polar surface area (TPSA) is 134 Å². The van der Waals surface area contributed by atoms with E-state index in [1.165, 1.54) is 6.20 Å². The summed E-state index contributed by atoms with van der Waals surface area (Å²) in [6, 6.07) is 17.1. The maximum atomic E-state index is 14.2. The fourth-order valence-corrected chi connectivity index (χ4v) is 3.98. The number of amides is 2. The number of nitrogens with two attached hydrogens (primary N) is 2. The Balaban J connectivity index is 2.02. The molecule has 2 aromatic carbocycles. The summed E-state index contributed by atoms with van der Waals surface area (Å²) in [4.78, 5) is 41.5. The van der Waals surface area contributed by atoms with Crippen LogP contribution in [-0.4, -0.2) is 32.4 Å². The number of hydrogen-bond acceptors (Lipinski definition) is 5. The van der Waals surface area contributed by atoms with E-state index in [1.807, 2.05) is 0 Å². The van der Waals surface area contributed by atoms with E-state index in [0.717, 1.165) is 5.39 Å². The smallest absolute Gasteiger partial charge is 0.333 e. The Kier molecular flexibility index (Phi) is 6.13. The second kappa shape index (κ2) is 9.18. The lowest BCUT2D eigenvalue weighted by Crippen LogP contribution is -2.33. The molecule has 0 saturated carbocycles. The molecule has 4 N–H and O–H groups in total. The monoisotopic (exact) mass is 463 g/mol. The highest BCUT2D eigenvalue weighted by Crippen LogP contribution is 2.36. The van der Waals surface area contributed by atoms with E-state index in [4.69, 9.17) is 11.5 Å². The van der Waals surface area contributed by atoms with Gasteiger partial charge in [-0.15, -0.1) is 0 Å². The van der Waals surface area contributed by atoms with Crippen molar-refractivity contribution in [2.75, 3.05) is 0 Å². The van der Waals surface area contributed by atoms with Crippen LogP contribution < -0.4 is 11.5 Å². The first kappa shape index (κ1) is 22.7. The summed E-state index contributed by atoms with van der Waals surface area (Å²) in [6.07, 6.45) is 1.27. The quantitative estimate of drug-likeness (QED) is 0.388. The van der Waals surface area contributed by atoms with Gasteiger partial charge in [0.1, 0.15) is 5.69 Å². The van der Waals surface area contributed by atoms with E-state index < -0.39 is 41.3 Å². The second-order valence-electron chi connectivity index (χ2n) is 7.55. The number of carbonyl (C=O) groups is 3. The molecule has 10 heteroatoms. The van der Waals surface area contributed by atoms with Crippen LogP contribution >= 0.6 is 0 Å². The minimum atomic E-state index is -3.24. The lowest BCUT2D eigenvalue weighted by molar-refractivity contribution is -0.137. The van der Waals surface area contributed by atoms with Crippen molar-refractivity contribution in [2.24, 2.45) is 11.5 Å². The van der Waals surface area contributed by atoms with Crippen LogP contribution in [0.1, 0.15) is 34.1 Å². The molecule has 4 aromatic rings. The molecular formula is C24H19F2N5O3. The molecule has 0 fully saturated rings. The van der Waals surface area contributed by atoms with Crippen LogP contribution in [0.4, 0.5) is 8.78 Å². The molecule has 0 bridgehead atoms. The van der Waals surface area contributed by atoms with Crippen molar-refractivity contribution in [3.63, 3.8) is 0 Å². The molecule has 172 valence electrons. The highest BCUT2D eigenvalue weighted by atomic mass is 19.3. The Morgan fingerprint density at radius 3 is 2.24 bits per heavy atom. The van der Waals surface area contributed by atoms with Gasteiger partial charge in [-0.3, -0.25) is 19.4 Å². The third-order valence-electron chi connectivity index (χ3n) is 5.45. The highest BCUT2D eigenvalue weighted by Gasteiger charge is 2.37. The SMILES string of the molecule is NC(=O)C(=O)C(Cc1ccccc1)c1c(C(N)=O)c(-c2nccc3ccccc23)nn1C(F)F. The number of primary amides is 2. The Hall–Kier alpha value is -4.47. The number of aromatic nitrogens is 3. The van der Waals surface area contributed by atoms with Crippen LogP contribution in [0.2, 0.25) is 0 Å². The number of pyridine rings is 1. The fourth-order valence-electron chi connectivity index (χ4n) is 3.98. The first-order valence-electron chi connectivity index (χ1n) is 10.2. The third kappa shape index (κ3) is 4.13. The van der Waals surface area contributed by atoms with Gasteiger partial charge in [0.15, 0.2) is 0 Å². The van der Waals surface area contributed by atoms with E-state index in [-0.39, 0.29) is 22.5 Å². The van der Waals surface area contributed by atoms with Crippen LogP contribution in [0, 0.1) is 0 Å². The Morgan fingerprint density at radius 1 is 0.912 bits per heavy atom. The lowest BCUT2D eigenvalue weighted by atomic mass is 9.88. The number of rotatable bonds is 8. The molecule has 1 unspecified atom stereocenters. The van der Waals surface area contributed by atoms with Gasteiger partial charge in [-0.25, -0.2) is 4.68 Å². The minimum Gasteiger partial charge on any atom is -0.365 e. The van der Waals surface area contributed by atoms with E-state index in [2.05, 4.69) is 10.1 Å². The van der Waals surface area contributed by atoms with E-state index in [9.17, 15) is 23.2 Å². The molecule has 0 aliphatic carbocycles. The maximum Gasteiger partial charge on any atom is 0.333 e. The number of nitrogens with zero attached hydrogens (tertiary/aromatic N) is 3. The molecule has 8 nitrogen and oxygen atoms in total. The Morgan fingerprint density at radius 2 is 1.59 bits per heavy atom. The van der Waals surface area contributed by atoms with Gasteiger partial charge in [-0.05, 0) is 23.4 Å². The van der Waals surface area contributed by atoms with Crippen molar-refractivity contribution in [3.8, 4) is 11.4 Å². The van der Waals surface area contributed by atoms with Gasteiger partial charge in [-0.1, -0.05) is 54.6 Å². The standard InChI is InChI=1S/C24H19F2N5O3/c25-24(26)31-20(16(21(32)23(28)34)12-13-6-2-1-3-7-13)17(22(27)33)19(30-31)18-15-9-5-4-8-14(15)10-11-29-18/h1-11,16,24H,12H2,(H2,27,33)(H2,28,34). The molecule has 0 radical (unpaired) electrons. The van der Waals surface area contributed by atoms with Gasteiger partial charge < -0.3 is 11.5 Å². The van der Waals surface area contributed by atoms with Gasteiger partial charge in [-0.2, -0.15) is 13.9 Å². The number of ketones is 1. The van der Waals surface area contributed by atoms with Gasteiger partial charge in [0.2, 0.25) is 5.78 Å². The second-order valence-corrected chi connectivity index (χ2v) is 7.55. The molecular weight excluding hydrogens is 444 g/mol. The highest BCUT2D eigenvalue weighted by molar-refractivity contribution is 6.37. The third-order valence-corrected chi connectivity index (χ3v) is 5.45. The maximum absolute atomic E-state index is 14.2. The molecule has 1 atom stereocenters. The van der Waals surface area contributed by atoms with Crippen molar-refractivity contribution in [3.05, 3.63) is 83.7 Å². The van der Waals surface area contributed by atoms with Gasteiger partial charge in [0.05, 0.1) is 22.9 Å². The molecule has 0 aliphatic rings. The molecule has 2 aromatic heterocycles. The number of alkyl halides is 2. The molecule has 34 heavy (non-hydrogen) atoms. The largest absolute Gasteiger partial charge is 0.365 e. The van der Waals surface area contributed by atoms with Crippen molar-refractivity contribution in [2.45, 2.75) is 18.9 Å². The molecule has 0 spiro atoms. The van der Waals surface area contributed by atoms with Crippen molar-refractivity contribution in [1.29, 1.82) is 0 Å². The Bertz CT molecular complexity index is 1400. The molecule has 2 heterocycles. The lowest BCUT2D eigenvalue weighted by Gasteiger charge is -2.17. The summed E-state index contributed by atoms with van der Waals surface area (Å²) >= 11 is 0. The first-order chi connectivity index (χ1) is 16.3. The van der Waals surface area contributed by atoms with Gasteiger partial charge in [0.25, 0.3) is 11.8 Å². The van der Waals surface area contributed by atoms with Crippen LogP contribution in [0.5, 0.6) is 0 Å². The average molecular weight is 463 g/mol. The Labute approximate surface area is 192 Å². The summed E-state index contributed by atoms with van der Waals surface area (Å²) in [7, 11) is 0. The summed E-state index contributed by atoms with van der Waals surface area (Å²) in [5, 5.41) is 5.22. The predicted molar refractivity (Wildman–Crippen MR) is 120 cm³/mol. The van der Waals surface area contributed by atoms with Crippen molar-refractivity contribution < 1.29 is 23.2 Å². The minimum absolute atomic E-state index is 0.137.